The number of hydrogen-bond acceptors (Lipinski definition) is 4. The van der Waals surface area contributed by atoms with Crippen molar-refractivity contribution in [3.05, 3.63) is 41.9 Å². The Balaban J connectivity index is 2.15. The molecule has 1 heterocycles. The molecule has 0 aromatic heterocycles. The minimum Gasteiger partial charge on any atom is -0.299 e. The molecule has 0 saturated heterocycles. The highest BCUT2D eigenvalue weighted by molar-refractivity contribution is 7.90. The molecule has 1 aliphatic rings. The van der Waals surface area contributed by atoms with E-state index in [-0.39, 0.29) is 6.54 Å². The van der Waals surface area contributed by atoms with Crippen LogP contribution in [0.25, 0.3) is 0 Å². The number of benzene rings is 1. The third-order valence-electron chi connectivity index (χ3n) is 2.48. The van der Waals surface area contributed by atoms with Gasteiger partial charge in [0.2, 0.25) is 0 Å². The van der Waals surface area contributed by atoms with Crippen LogP contribution in [0.3, 0.4) is 0 Å². The molecule has 0 aliphatic carbocycles. The van der Waals surface area contributed by atoms with Crippen LogP contribution < -0.4 is 10.1 Å². The van der Waals surface area contributed by atoms with Gasteiger partial charge >= 0.3 is 6.03 Å². The first kappa shape index (κ1) is 13.3. The average molecular weight is 285 g/mol. The van der Waals surface area contributed by atoms with E-state index in [1.54, 1.807) is 17.7 Å². The van der Waals surface area contributed by atoms with Crippen LogP contribution in [0.5, 0.6) is 0 Å². The van der Waals surface area contributed by atoms with Gasteiger partial charge < -0.3 is 0 Å². The van der Waals surface area contributed by atoms with Crippen molar-refractivity contribution in [2.45, 2.75) is 11.8 Å². The van der Waals surface area contributed by atoms with Gasteiger partial charge in [-0.1, -0.05) is 12.1 Å². The summed E-state index contributed by atoms with van der Waals surface area (Å²) >= 11 is 0. The molecule has 2 rings (SSSR count). The lowest BCUT2D eigenvalue weighted by molar-refractivity contribution is 0.199. The maximum absolute atomic E-state index is 13.4. The Morgan fingerprint density at radius 1 is 1.42 bits per heavy atom. The van der Waals surface area contributed by atoms with Crippen molar-refractivity contribution in [3.8, 4) is 0 Å². The van der Waals surface area contributed by atoms with Gasteiger partial charge in [-0.2, -0.15) is 0 Å². The van der Waals surface area contributed by atoms with Gasteiger partial charge in [0.15, 0.2) is 0 Å². The van der Waals surface area contributed by atoms with Crippen molar-refractivity contribution >= 4 is 16.1 Å². The smallest absolute Gasteiger partial charge is 0.299 e. The number of hydrogen-bond donors (Lipinski definition) is 2. The summed E-state index contributed by atoms with van der Waals surface area (Å²) in [5, 5.41) is 1.08. The molecule has 2 N–H and O–H groups in total. The van der Waals surface area contributed by atoms with E-state index in [0.29, 0.717) is 0 Å². The van der Waals surface area contributed by atoms with Gasteiger partial charge in [-0.25, -0.2) is 27.3 Å². The number of carbonyl (C=O) groups is 1. The molecule has 8 heteroatoms. The average Bonchev–Trinajstić information content (AvgIpc) is 2.76. The molecule has 1 aliphatic heterocycles. The Bertz CT molecular complexity index is 642. The van der Waals surface area contributed by atoms with E-state index in [9.17, 15) is 17.6 Å². The molecule has 0 bridgehead atoms. The quantitative estimate of drug-likeness (QED) is 0.848. The Hall–Kier alpha value is -2.09. The highest BCUT2D eigenvalue weighted by atomic mass is 32.2. The lowest BCUT2D eigenvalue weighted by atomic mass is 10.4. The van der Waals surface area contributed by atoms with E-state index >= 15 is 0 Å². The zero-order valence-electron chi connectivity index (χ0n) is 10.1. The van der Waals surface area contributed by atoms with Crippen LogP contribution in [0.15, 0.2) is 40.9 Å². The van der Waals surface area contributed by atoms with Crippen LogP contribution in [0.4, 0.5) is 9.18 Å². The molecule has 2 amide bonds. The SMILES string of the molecule is CC1=CCN(C(=O)NS(=O)(=O)c2ccccc2F)N1. The standard InChI is InChI=1S/C11H12FN3O3S/c1-8-6-7-15(13-8)11(16)14-19(17,18)10-5-3-2-4-9(10)12/h2-6,13H,7H2,1H3,(H,14,16). The fourth-order valence-electron chi connectivity index (χ4n) is 1.55. The molecule has 0 radical (unpaired) electrons. The second-order valence-corrected chi connectivity index (χ2v) is 5.60. The van der Waals surface area contributed by atoms with Crippen molar-refractivity contribution in [1.82, 2.24) is 15.2 Å². The summed E-state index contributed by atoms with van der Waals surface area (Å²) in [5.74, 6) is -0.911. The molecular formula is C11H12FN3O3S. The molecule has 0 saturated carbocycles. The molecule has 0 unspecified atom stereocenters. The van der Waals surface area contributed by atoms with Crippen LogP contribution in [0, 0.1) is 5.82 Å². The number of amides is 2. The summed E-state index contributed by atoms with van der Waals surface area (Å²) in [6, 6.07) is 3.98. The number of halogens is 1. The van der Waals surface area contributed by atoms with Crippen molar-refractivity contribution < 1.29 is 17.6 Å². The second kappa shape index (κ2) is 4.88. The Labute approximate surface area is 109 Å². The van der Waals surface area contributed by atoms with E-state index in [1.807, 2.05) is 0 Å². The molecule has 1 aromatic rings. The number of rotatable bonds is 2. The predicted octanol–water partition coefficient (Wildman–Crippen LogP) is 0.948. The lowest BCUT2D eigenvalue weighted by Crippen LogP contribution is -2.46. The summed E-state index contributed by atoms with van der Waals surface area (Å²) in [4.78, 5) is 11.1. The molecule has 19 heavy (non-hydrogen) atoms. The van der Waals surface area contributed by atoms with E-state index < -0.39 is 26.8 Å². The van der Waals surface area contributed by atoms with Crippen LogP contribution >= 0.6 is 0 Å². The summed E-state index contributed by atoms with van der Waals surface area (Å²) in [6.07, 6.45) is 1.72. The molecule has 6 nitrogen and oxygen atoms in total. The number of nitrogens with one attached hydrogen (secondary N) is 2. The highest BCUT2D eigenvalue weighted by Gasteiger charge is 2.25. The normalized spacial score (nSPS) is 14.8. The zero-order valence-corrected chi connectivity index (χ0v) is 10.9. The third-order valence-corrected chi connectivity index (χ3v) is 3.84. The van der Waals surface area contributed by atoms with Crippen molar-refractivity contribution in [3.63, 3.8) is 0 Å². The van der Waals surface area contributed by atoms with E-state index in [0.717, 1.165) is 22.8 Å². The van der Waals surface area contributed by atoms with E-state index in [2.05, 4.69) is 5.43 Å². The Kier molecular flexibility index (Phi) is 3.43. The summed E-state index contributed by atoms with van der Waals surface area (Å²) in [7, 11) is -4.22. The second-order valence-electron chi connectivity index (χ2n) is 3.95. The fourth-order valence-corrected chi connectivity index (χ4v) is 2.59. The fraction of sp³-hybridized carbons (Fsp3) is 0.182. The van der Waals surface area contributed by atoms with Crippen LogP contribution in [-0.2, 0) is 10.0 Å². The first-order valence-electron chi connectivity index (χ1n) is 5.42. The molecule has 1 aromatic carbocycles. The van der Waals surface area contributed by atoms with Gasteiger partial charge in [-0.15, -0.1) is 0 Å². The first-order valence-corrected chi connectivity index (χ1v) is 6.91. The van der Waals surface area contributed by atoms with E-state index in [4.69, 9.17) is 0 Å². The van der Waals surface area contributed by atoms with E-state index in [1.165, 1.54) is 12.1 Å². The zero-order chi connectivity index (χ0) is 14.0. The number of carbonyl (C=O) groups excluding carboxylic acids is 1. The van der Waals surface area contributed by atoms with Gasteiger partial charge in [0.25, 0.3) is 10.0 Å². The van der Waals surface area contributed by atoms with Gasteiger partial charge in [0, 0.05) is 5.70 Å². The molecule has 0 fully saturated rings. The minimum absolute atomic E-state index is 0.241. The number of hydrazine groups is 1. The summed E-state index contributed by atoms with van der Waals surface area (Å²) in [6.45, 7) is 1.98. The van der Waals surface area contributed by atoms with Gasteiger partial charge in [0.05, 0.1) is 6.54 Å². The maximum atomic E-state index is 13.4. The molecular weight excluding hydrogens is 273 g/mol. The topological polar surface area (TPSA) is 78.5 Å². The Morgan fingerprint density at radius 2 is 2.11 bits per heavy atom. The number of urea groups is 1. The van der Waals surface area contributed by atoms with Crippen molar-refractivity contribution in [1.29, 1.82) is 0 Å². The maximum Gasteiger partial charge on any atom is 0.350 e. The summed E-state index contributed by atoms with van der Waals surface area (Å²) in [5.41, 5.74) is 3.40. The monoisotopic (exact) mass is 285 g/mol. The Morgan fingerprint density at radius 3 is 2.68 bits per heavy atom. The first-order chi connectivity index (χ1) is 8.90. The van der Waals surface area contributed by atoms with Crippen LogP contribution in [0.2, 0.25) is 0 Å². The van der Waals surface area contributed by atoms with Gasteiger partial charge in [-0.3, -0.25) is 5.43 Å². The van der Waals surface area contributed by atoms with Crippen LogP contribution in [0.1, 0.15) is 6.92 Å². The van der Waals surface area contributed by atoms with Crippen molar-refractivity contribution in [2.75, 3.05) is 6.54 Å². The number of nitrogens with zero attached hydrogens (tertiary/aromatic N) is 1. The highest BCUT2D eigenvalue weighted by Crippen LogP contribution is 2.13. The molecule has 0 atom stereocenters. The third kappa shape index (κ3) is 2.84. The summed E-state index contributed by atoms with van der Waals surface area (Å²) < 4.78 is 38.9. The van der Waals surface area contributed by atoms with Crippen LogP contribution in [-0.4, -0.2) is 26.0 Å². The number of allylic oxidation sites excluding steroid dienone is 1. The lowest BCUT2D eigenvalue weighted by Gasteiger charge is -2.18. The molecule has 102 valence electrons. The number of sulfonamides is 1. The molecule has 0 spiro atoms. The minimum atomic E-state index is -4.22. The van der Waals surface area contributed by atoms with Gasteiger partial charge in [-0.05, 0) is 25.1 Å². The van der Waals surface area contributed by atoms with Crippen molar-refractivity contribution in [2.24, 2.45) is 0 Å². The van der Waals surface area contributed by atoms with Gasteiger partial charge in [0.1, 0.15) is 10.7 Å². The largest absolute Gasteiger partial charge is 0.350 e. The predicted molar refractivity (Wildman–Crippen MR) is 65.7 cm³/mol.